The fourth-order valence-corrected chi connectivity index (χ4v) is 4.19. The molecule has 5 rings (SSSR count). The fraction of sp³-hybridized carbons (Fsp3) is 0.318. The molecular weight excluding hydrogens is 364 g/mol. The number of nitrogens with one attached hydrogen (secondary N) is 2. The molecule has 2 aromatic carbocycles. The van der Waals surface area contributed by atoms with Crippen molar-refractivity contribution in [2.45, 2.75) is 25.8 Å². The Morgan fingerprint density at radius 1 is 1.21 bits per heavy atom. The number of hydrogen-bond donors (Lipinski definition) is 2. The second-order valence-electron chi connectivity index (χ2n) is 7.29. The van der Waals surface area contributed by atoms with Crippen LogP contribution >= 0.6 is 0 Å². The zero-order valence-corrected chi connectivity index (χ0v) is 16.4. The Labute approximate surface area is 169 Å². The summed E-state index contributed by atoms with van der Waals surface area (Å²) in [4.78, 5) is 18.6. The number of aromatic amines is 1. The Morgan fingerprint density at radius 2 is 2.17 bits per heavy atom. The average molecular weight is 388 g/mol. The molecule has 4 aromatic rings. The van der Waals surface area contributed by atoms with E-state index in [1.54, 1.807) is 12.7 Å². The van der Waals surface area contributed by atoms with Gasteiger partial charge in [-0.25, -0.2) is 15.0 Å². The maximum absolute atomic E-state index is 5.70. The van der Waals surface area contributed by atoms with Gasteiger partial charge in [0.25, 0.3) is 0 Å². The van der Waals surface area contributed by atoms with Crippen LogP contribution in [0.15, 0.2) is 49.1 Å². The van der Waals surface area contributed by atoms with Gasteiger partial charge in [-0.2, -0.15) is 0 Å². The smallest absolute Gasteiger partial charge is 0.182 e. The van der Waals surface area contributed by atoms with Gasteiger partial charge in [-0.3, -0.25) is 0 Å². The van der Waals surface area contributed by atoms with Gasteiger partial charge < -0.3 is 19.9 Å². The van der Waals surface area contributed by atoms with Gasteiger partial charge in [-0.1, -0.05) is 18.2 Å². The number of aromatic nitrogens is 4. The molecule has 0 saturated carbocycles. The minimum absolute atomic E-state index is 0.363. The predicted octanol–water partition coefficient (Wildman–Crippen LogP) is 3.99. The third-order valence-electron chi connectivity index (χ3n) is 5.54. The molecule has 1 atom stereocenters. The van der Waals surface area contributed by atoms with Crippen LogP contribution in [0.25, 0.3) is 21.9 Å². The van der Waals surface area contributed by atoms with E-state index in [1.165, 1.54) is 10.8 Å². The second-order valence-corrected chi connectivity index (χ2v) is 7.29. The molecule has 1 saturated heterocycles. The van der Waals surface area contributed by atoms with Crippen molar-refractivity contribution in [3.63, 3.8) is 0 Å². The summed E-state index contributed by atoms with van der Waals surface area (Å²) in [6.45, 7) is 4.51. The maximum Gasteiger partial charge on any atom is 0.182 e. The van der Waals surface area contributed by atoms with Crippen LogP contribution in [0, 0.1) is 0 Å². The third-order valence-corrected chi connectivity index (χ3v) is 5.54. The molecule has 0 radical (unpaired) electrons. The van der Waals surface area contributed by atoms with Crippen LogP contribution in [-0.2, 0) is 0 Å². The molecule has 1 aliphatic heterocycles. The van der Waals surface area contributed by atoms with Crippen LogP contribution in [0.3, 0.4) is 0 Å². The summed E-state index contributed by atoms with van der Waals surface area (Å²) in [5.41, 5.74) is 2.75. The van der Waals surface area contributed by atoms with Gasteiger partial charge in [-0.15, -0.1) is 0 Å². The van der Waals surface area contributed by atoms with Gasteiger partial charge in [0.05, 0.1) is 12.9 Å². The van der Waals surface area contributed by atoms with Crippen molar-refractivity contribution in [3.8, 4) is 5.75 Å². The molecule has 29 heavy (non-hydrogen) atoms. The van der Waals surface area contributed by atoms with E-state index in [4.69, 9.17) is 4.74 Å². The van der Waals surface area contributed by atoms with Crippen molar-refractivity contribution in [2.75, 3.05) is 29.9 Å². The normalized spacial score (nSPS) is 16.6. The Morgan fingerprint density at radius 3 is 3.10 bits per heavy atom. The molecule has 1 fully saturated rings. The summed E-state index contributed by atoms with van der Waals surface area (Å²) in [6, 6.07) is 13.0. The summed E-state index contributed by atoms with van der Waals surface area (Å²) in [6.07, 6.45) is 5.55. The monoisotopic (exact) mass is 388 g/mol. The standard InChI is InChI=1S/C22H24N6O/c1-2-29-17-9-8-15-5-3-7-19(18(15)11-17)23-12-16-6-4-10-28(16)22-20-21(25-13-24-20)26-14-27-22/h3,5,7-9,11,13-14,16,23H,2,4,6,10,12H2,1H3,(H,24,25,26,27)/t16-/m1/s1. The SMILES string of the molecule is CCOc1ccc2cccc(NC[C@H]3CCCN3c3ncnc4nc[nH]c34)c2c1. The lowest BCUT2D eigenvalue weighted by atomic mass is 10.1. The topological polar surface area (TPSA) is 79.0 Å². The highest BCUT2D eigenvalue weighted by atomic mass is 16.5. The zero-order chi connectivity index (χ0) is 19.6. The van der Waals surface area contributed by atoms with Crippen molar-refractivity contribution in [1.29, 1.82) is 0 Å². The van der Waals surface area contributed by atoms with Gasteiger partial charge >= 0.3 is 0 Å². The summed E-state index contributed by atoms with van der Waals surface area (Å²) >= 11 is 0. The molecule has 148 valence electrons. The number of rotatable bonds is 6. The minimum Gasteiger partial charge on any atom is -0.494 e. The molecule has 0 bridgehead atoms. The average Bonchev–Trinajstić information content (AvgIpc) is 3.41. The number of fused-ring (bicyclic) bond motifs is 2. The fourth-order valence-electron chi connectivity index (χ4n) is 4.19. The van der Waals surface area contributed by atoms with Gasteiger partial charge in [-0.05, 0) is 43.4 Å². The molecule has 0 unspecified atom stereocenters. The van der Waals surface area contributed by atoms with E-state index in [0.29, 0.717) is 18.3 Å². The predicted molar refractivity (Wildman–Crippen MR) is 116 cm³/mol. The van der Waals surface area contributed by atoms with Crippen LogP contribution in [0.4, 0.5) is 11.5 Å². The minimum atomic E-state index is 0.363. The first-order chi connectivity index (χ1) is 14.3. The number of hydrogen-bond acceptors (Lipinski definition) is 6. The lowest BCUT2D eigenvalue weighted by Crippen LogP contribution is -2.35. The number of ether oxygens (including phenoxy) is 1. The van der Waals surface area contributed by atoms with E-state index in [-0.39, 0.29) is 0 Å². The van der Waals surface area contributed by atoms with E-state index >= 15 is 0 Å². The first kappa shape index (κ1) is 17.7. The van der Waals surface area contributed by atoms with Crippen LogP contribution in [0.2, 0.25) is 0 Å². The molecule has 0 aliphatic carbocycles. The Bertz CT molecular complexity index is 1140. The van der Waals surface area contributed by atoms with Gasteiger partial charge in [0, 0.05) is 30.2 Å². The molecule has 7 nitrogen and oxygen atoms in total. The van der Waals surface area contributed by atoms with Crippen LogP contribution in [0.5, 0.6) is 5.75 Å². The van der Waals surface area contributed by atoms with E-state index in [0.717, 1.165) is 48.7 Å². The molecule has 2 N–H and O–H groups in total. The van der Waals surface area contributed by atoms with Crippen LogP contribution < -0.4 is 15.0 Å². The van der Waals surface area contributed by atoms with Crippen molar-refractivity contribution in [1.82, 2.24) is 19.9 Å². The summed E-state index contributed by atoms with van der Waals surface area (Å²) in [7, 11) is 0. The summed E-state index contributed by atoms with van der Waals surface area (Å²) in [5, 5.41) is 6.06. The van der Waals surface area contributed by atoms with Crippen LogP contribution in [0.1, 0.15) is 19.8 Å². The largest absolute Gasteiger partial charge is 0.494 e. The van der Waals surface area contributed by atoms with E-state index in [2.05, 4.69) is 60.5 Å². The Hall–Kier alpha value is -3.35. The van der Waals surface area contributed by atoms with Gasteiger partial charge in [0.1, 0.15) is 17.6 Å². The lowest BCUT2D eigenvalue weighted by Gasteiger charge is -2.26. The summed E-state index contributed by atoms with van der Waals surface area (Å²) in [5.74, 6) is 1.84. The molecular formula is C22H24N6O. The van der Waals surface area contributed by atoms with Crippen molar-refractivity contribution in [2.24, 2.45) is 0 Å². The number of benzene rings is 2. The van der Waals surface area contributed by atoms with Gasteiger partial charge in [0.15, 0.2) is 11.5 Å². The quantitative estimate of drug-likeness (QED) is 0.520. The molecule has 7 heteroatoms. The van der Waals surface area contributed by atoms with Crippen molar-refractivity contribution >= 4 is 33.4 Å². The van der Waals surface area contributed by atoms with E-state index in [9.17, 15) is 0 Å². The number of anilines is 2. The molecule has 0 spiro atoms. The number of imidazole rings is 1. The Kier molecular flexibility index (Phi) is 4.63. The summed E-state index contributed by atoms with van der Waals surface area (Å²) < 4.78 is 5.70. The highest BCUT2D eigenvalue weighted by Crippen LogP contribution is 2.30. The maximum atomic E-state index is 5.70. The van der Waals surface area contributed by atoms with E-state index < -0.39 is 0 Å². The first-order valence-corrected chi connectivity index (χ1v) is 10.1. The highest BCUT2D eigenvalue weighted by Gasteiger charge is 2.27. The lowest BCUT2D eigenvalue weighted by molar-refractivity contribution is 0.341. The van der Waals surface area contributed by atoms with Crippen molar-refractivity contribution in [3.05, 3.63) is 49.1 Å². The molecule has 3 heterocycles. The van der Waals surface area contributed by atoms with Crippen LogP contribution in [-0.4, -0.2) is 45.7 Å². The molecule has 2 aromatic heterocycles. The number of H-pyrrole nitrogens is 1. The second kappa shape index (κ2) is 7.58. The van der Waals surface area contributed by atoms with Crippen molar-refractivity contribution < 1.29 is 4.74 Å². The number of nitrogens with zero attached hydrogens (tertiary/aromatic N) is 4. The third kappa shape index (κ3) is 3.33. The highest BCUT2D eigenvalue weighted by molar-refractivity contribution is 5.95. The van der Waals surface area contributed by atoms with E-state index in [1.807, 2.05) is 13.0 Å². The zero-order valence-electron chi connectivity index (χ0n) is 16.4. The first-order valence-electron chi connectivity index (χ1n) is 10.1. The molecule has 1 aliphatic rings. The van der Waals surface area contributed by atoms with Gasteiger partial charge in [0.2, 0.25) is 0 Å². The molecule has 0 amide bonds. The Balaban J connectivity index is 1.39.